The average Bonchev–Trinajstić information content (AvgIpc) is 3.11. The van der Waals surface area contributed by atoms with Gasteiger partial charge in [-0.1, -0.05) is 26.0 Å². The second-order valence-corrected chi connectivity index (χ2v) is 5.68. The molecule has 0 bridgehead atoms. The Hall–Kier alpha value is -1.35. The summed E-state index contributed by atoms with van der Waals surface area (Å²) in [4.78, 5) is 10.9. The molecule has 0 aromatic heterocycles. The van der Waals surface area contributed by atoms with E-state index in [1.165, 1.54) is 18.4 Å². The fourth-order valence-electron chi connectivity index (χ4n) is 2.36. The van der Waals surface area contributed by atoms with E-state index < -0.39 is 0 Å². The molecule has 1 amide bonds. The SMILES string of the molecule is CC(C)C1(CNCc2ccc(C(N)=O)cc2)CC1. The van der Waals surface area contributed by atoms with Crippen molar-refractivity contribution < 1.29 is 4.79 Å². The van der Waals surface area contributed by atoms with Crippen LogP contribution in [0.3, 0.4) is 0 Å². The Balaban J connectivity index is 1.82. The number of primary amides is 1. The van der Waals surface area contributed by atoms with Crippen LogP contribution in [-0.2, 0) is 6.54 Å². The van der Waals surface area contributed by atoms with Gasteiger partial charge in [-0.25, -0.2) is 0 Å². The molecule has 1 aromatic rings. The molecule has 1 saturated carbocycles. The Morgan fingerprint density at radius 1 is 1.33 bits per heavy atom. The summed E-state index contributed by atoms with van der Waals surface area (Å²) in [5.74, 6) is 0.383. The zero-order chi connectivity index (χ0) is 13.2. The maximum atomic E-state index is 10.9. The van der Waals surface area contributed by atoms with Crippen LogP contribution in [-0.4, -0.2) is 12.5 Å². The fraction of sp³-hybridized carbons (Fsp3) is 0.533. The van der Waals surface area contributed by atoms with E-state index in [1.54, 1.807) is 12.1 Å². The summed E-state index contributed by atoms with van der Waals surface area (Å²) < 4.78 is 0. The van der Waals surface area contributed by atoms with Gasteiger partial charge in [-0.15, -0.1) is 0 Å². The van der Waals surface area contributed by atoms with E-state index in [0.29, 0.717) is 11.0 Å². The smallest absolute Gasteiger partial charge is 0.248 e. The minimum atomic E-state index is -0.369. The van der Waals surface area contributed by atoms with Crippen molar-refractivity contribution in [2.24, 2.45) is 17.1 Å². The van der Waals surface area contributed by atoms with Crippen LogP contribution >= 0.6 is 0 Å². The Kier molecular flexibility index (Phi) is 3.71. The van der Waals surface area contributed by atoms with Gasteiger partial charge in [0.05, 0.1) is 0 Å². The topological polar surface area (TPSA) is 55.1 Å². The van der Waals surface area contributed by atoms with Crippen LogP contribution in [0.15, 0.2) is 24.3 Å². The Morgan fingerprint density at radius 3 is 2.39 bits per heavy atom. The Bertz CT molecular complexity index is 419. The number of carbonyl (C=O) groups is 1. The number of hydrogen-bond acceptors (Lipinski definition) is 2. The highest BCUT2D eigenvalue weighted by Gasteiger charge is 2.44. The molecule has 0 atom stereocenters. The molecular formula is C15H22N2O. The van der Waals surface area contributed by atoms with Gasteiger partial charge in [0.2, 0.25) is 5.91 Å². The maximum Gasteiger partial charge on any atom is 0.248 e. The van der Waals surface area contributed by atoms with Crippen LogP contribution in [0.2, 0.25) is 0 Å². The minimum absolute atomic E-state index is 0.369. The predicted octanol–water partition coefficient (Wildman–Crippen LogP) is 2.31. The highest BCUT2D eigenvalue weighted by molar-refractivity contribution is 5.92. The molecule has 1 aromatic carbocycles. The highest BCUT2D eigenvalue weighted by Crippen LogP contribution is 2.51. The van der Waals surface area contributed by atoms with Crippen LogP contribution in [0, 0.1) is 11.3 Å². The second-order valence-electron chi connectivity index (χ2n) is 5.68. The van der Waals surface area contributed by atoms with Gasteiger partial charge in [0.25, 0.3) is 0 Å². The zero-order valence-corrected chi connectivity index (χ0v) is 11.2. The molecule has 1 aliphatic carbocycles. The van der Waals surface area contributed by atoms with Gasteiger partial charge in [0, 0.05) is 18.7 Å². The lowest BCUT2D eigenvalue weighted by molar-refractivity contribution is 0.100. The summed E-state index contributed by atoms with van der Waals surface area (Å²) in [6.07, 6.45) is 2.69. The molecule has 0 heterocycles. The first-order valence-electron chi connectivity index (χ1n) is 6.63. The molecule has 1 fully saturated rings. The molecule has 2 rings (SSSR count). The van der Waals surface area contributed by atoms with Gasteiger partial charge in [0.1, 0.15) is 0 Å². The molecule has 3 heteroatoms. The maximum absolute atomic E-state index is 10.9. The van der Waals surface area contributed by atoms with Crippen LogP contribution < -0.4 is 11.1 Å². The standard InChI is InChI=1S/C15H22N2O/c1-11(2)15(7-8-15)10-17-9-12-3-5-13(6-4-12)14(16)18/h3-6,11,17H,7-10H2,1-2H3,(H2,16,18). The third kappa shape index (κ3) is 2.91. The number of rotatable bonds is 6. The zero-order valence-electron chi connectivity index (χ0n) is 11.2. The van der Waals surface area contributed by atoms with Crippen molar-refractivity contribution in [3.63, 3.8) is 0 Å². The quantitative estimate of drug-likeness (QED) is 0.809. The first-order valence-corrected chi connectivity index (χ1v) is 6.63. The van der Waals surface area contributed by atoms with E-state index in [-0.39, 0.29) is 5.91 Å². The van der Waals surface area contributed by atoms with Crippen molar-refractivity contribution in [1.29, 1.82) is 0 Å². The van der Waals surface area contributed by atoms with Crippen LogP contribution in [0.5, 0.6) is 0 Å². The van der Waals surface area contributed by atoms with Crippen LogP contribution in [0.4, 0.5) is 0 Å². The molecule has 98 valence electrons. The molecular weight excluding hydrogens is 224 g/mol. The third-order valence-electron chi connectivity index (χ3n) is 4.16. The number of nitrogens with two attached hydrogens (primary N) is 1. The van der Waals surface area contributed by atoms with Crippen molar-refractivity contribution in [1.82, 2.24) is 5.32 Å². The summed E-state index contributed by atoms with van der Waals surface area (Å²) >= 11 is 0. The molecule has 1 aliphatic rings. The van der Waals surface area contributed by atoms with Crippen molar-refractivity contribution >= 4 is 5.91 Å². The van der Waals surface area contributed by atoms with Crippen molar-refractivity contribution in [3.05, 3.63) is 35.4 Å². The minimum Gasteiger partial charge on any atom is -0.366 e. The van der Waals surface area contributed by atoms with E-state index in [0.717, 1.165) is 19.0 Å². The van der Waals surface area contributed by atoms with E-state index >= 15 is 0 Å². The van der Waals surface area contributed by atoms with E-state index in [9.17, 15) is 4.79 Å². The highest BCUT2D eigenvalue weighted by atomic mass is 16.1. The number of amides is 1. The van der Waals surface area contributed by atoms with Gasteiger partial charge in [-0.05, 0) is 41.9 Å². The van der Waals surface area contributed by atoms with E-state index in [2.05, 4.69) is 19.2 Å². The summed E-state index contributed by atoms with van der Waals surface area (Å²) in [5, 5.41) is 3.52. The lowest BCUT2D eigenvalue weighted by Crippen LogP contribution is -2.27. The van der Waals surface area contributed by atoms with Gasteiger partial charge in [0.15, 0.2) is 0 Å². The van der Waals surface area contributed by atoms with Crippen molar-refractivity contribution in [2.45, 2.75) is 33.2 Å². The van der Waals surface area contributed by atoms with Crippen LogP contribution in [0.1, 0.15) is 42.6 Å². The summed E-state index contributed by atoms with van der Waals surface area (Å²) in [7, 11) is 0. The summed E-state index contributed by atoms with van der Waals surface area (Å²) in [6.45, 7) is 6.54. The molecule has 3 nitrogen and oxygen atoms in total. The van der Waals surface area contributed by atoms with Gasteiger partial charge >= 0.3 is 0 Å². The summed E-state index contributed by atoms with van der Waals surface area (Å²) in [5.41, 5.74) is 7.51. The van der Waals surface area contributed by atoms with Crippen LogP contribution in [0.25, 0.3) is 0 Å². The van der Waals surface area contributed by atoms with Gasteiger partial charge in [-0.3, -0.25) is 4.79 Å². The van der Waals surface area contributed by atoms with Gasteiger partial charge < -0.3 is 11.1 Å². The lowest BCUT2D eigenvalue weighted by Gasteiger charge is -2.20. The first kappa shape index (κ1) is 13.1. The number of hydrogen-bond donors (Lipinski definition) is 2. The Labute approximate surface area is 109 Å². The van der Waals surface area contributed by atoms with E-state index in [4.69, 9.17) is 5.73 Å². The largest absolute Gasteiger partial charge is 0.366 e. The molecule has 0 spiro atoms. The summed E-state index contributed by atoms with van der Waals surface area (Å²) in [6, 6.07) is 7.49. The van der Waals surface area contributed by atoms with Crippen molar-refractivity contribution in [2.75, 3.05) is 6.54 Å². The fourth-order valence-corrected chi connectivity index (χ4v) is 2.36. The first-order chi connectivity index (χ1) is 8.53. The monoisotopic (exact) mass is 246 g/mol. The number of carbonyl (C=O) groups excluding carboxylic acids is 1. The molecule has 3 N–H and O–H groups in total. The normalized spacial score (nSPS) is 16.8. The molecule has 0 unspecified atom stereocenters. The average molecular weight is 246 g/mol. The number of nitrogens with one attached hydrogen (secondary N) is 1. The lowest BCUT2D eigenvalue weighted by atomic mass is 9.92. The predicted molar refractivity (Wildman–Crippen MR) is 73.2 cm³/mol. The second kappa shape index (κ2) is 5.11. The number of benzene rings is 1. The van der Waals surface area contributed by atoms with Gasteiger partial charge in [-0.2, -0.15) is 0 Å². The van der Waals surface area contributed by atoms with Crippen molar-refractivity contribution in [3.8, 4) is 0 Å². The third-order valence-corrected chi connectivity index (χ3v) is 4.16. The molecule has 18 heavy (non-hydrogen) atoms. The molecule has 0 saturated heterocycles. The van der Waals surface area contributed by atoms with E-state index in [1.807, 2.05) is 12.1 Å². The molecule has 0 aliphatic heterocycles. The molecule has 0 radical (unpaired) electrons. The Morgan fingerprint density at radius 2 is 1.94 bits per heavy atom.